The van der Waals surface area contributed by atoms with Gasteiger partial charge < -0.3 is 9.64 Å². The average Bonchev–Trinajstić information content (AvgIpc) is 2.65. The third-order valence-electron chi connectivity index (χ3n) is 4.82. The molecule has 0 bridgehead atoms. The molecule has 0 aromatic heterocycles. The quantitative estimate of drug-likeness (QED) is 0.833. The third kappa shape index (κ3) is 2.97. The molecule has 2 aliphatic rings. The lowest BCUT2D eigenvalue weighted by molar-refractivity contribution is -0.126. The van der Waals surface area contributed by atoms with Gasteiger partial charge in [0, 0.05) is 44.6 Å². The number of carbonyl (C=O) groups is 1. The van der Waals surface area contributed by atoms with Crippen molar-refractivity contribution in [2.75, 3.05) is 39.9 Å². The van der Waals surface area contributed by atoms with Crippen LogP contribution in [0.4, 0.5) is 0 Å². The second-order valence-corrected chi connectivity index (χ2v) is 6.54. The molecule has 0 radical (unpaired) electrons. The fourth-order valence-electron chi connectivity index (χ4n) is 3.60. The van der Waals surface area contributed by atoms with E-state index in [0.717, 1.165) is 26.2 Å². The van der Waals surface area contributed by atoms with E-state index in [0.29, 0.717) is 19.1 Å². The maximum atomic E-state index is 12.0. The number of likely N-dealkylation sites (tertiary alicyclic amines) is 1. The molecule has 0 N–H and O–H groups in total. The summed E-state index contributed by atoms with van der Waals surface area (Å²) < 4.78 is 5.82. The first-order chi connectivity index (χ1) is 10.1. The maximum absolute atomic E-state index is 12.0. The van der Waals surface area contributed by atoms with Gasteiger partial charge in [-0.05, 0) is 12.5 Å². The third-order valence-corrected chi connectivity index (χ3v) is 4.82. The first-order valence-corrected chi connectivity index (χ1v) is 7.70. The van der Waals surface area contributed by atoms with Crippen LogP contribution in [-0.2, 0) is 9.53 Å². The van der Waals surface area contributed by atoms with E-state index >= 15 is 0 Å². The Hall–Kier alpha value is -1.39. The second kappa shape index (κ2) is 5.78. The van der Waals surface area contributed by atoms with Gasteiger partial charge in [-0.1, -0.05) is 30.3 Å². The number of ether oxygens (including phenoxy) is 1. The Balaban J connectivity index is 1.78. The molecule has 1 amide bonds. The van der Waals surface area contributed by atoms with Crippen LogP contribution in [0.15, 0.2) is 30.3 Å². The van der Waals surface area contributed by atoms with Crippen molar-refractivity contribution in [3.63, 3.8) is 0 Å². The lowest BCUT2D eigenvalue weighted by Gasteiger charge is -2.34. The molecule has 1 aromatic rings. The number of carbonyl (C=O) groups excluding carboxylic acids is 1. The Bertz CT molecular complexity index is 505. The normalized spacial score (nSPS) is 28.9. The summed E-state index contributed by atoms with van der Waals surface area (Å²) in [7, 11) is 1.90. The van der Waals surface area contributed by atoms with Crippen LogP contribution in [0.3, 0.4) is 0 Å². The average molecular weight is 288 g/mol. The summed E-state index contributed by atoms with van der Waals surface area (Å²) in [5.74, 6) is 0.243. The van der Waals surface area contributed by atoms with Gasteiger partial charge in [0.2, 0.25) is 5.91 Å². The second-order valence-electron chi connectivity index (χ2n) is 6.54. The predicted molar refractivity (Wildman–Crippen MR) is 81.9 cm³/mol. The molecule has 2 atom stereocenters. The Morgan fingerprint density at radius 2 is 2.00 bits per heavy atom. The van der Waals surface area contributed by atoms with Crippen molar-refractivity contribution in [2.45, 2.75) is 19.4 Å². The number of benzene rings is 1. The molecular weight excluding hydrogens is 264 g/mol. The summed E-state index contributed by atoms with van der Waals surface area (Å²) in [6.07, 6.45) is 0.613. The van der Waals surface area contributed by atoms with E-state index < -0.39 is 0 Å². The van der Waals surface area contributed by atoms with Gasteiger partial charge in [-0.2, -0.15) is 0 Å². The molecule has 0 unspecified atom stereocenters. The van der Waals surface area contributed by atoms with E-state index in [1.165, 1.54) is 5.56 Å². The van der Waals surface area contributed by atoms with Crippen LogP contribution in [0.5, 0.6) is 0 Å². The monoisotopic (exact) mass is 288 g/mol. The van der Waals surface area contributed by atoms with Crippen molar-refractivity contribution in [3.05, 3.63) is 35.9 Å². The van der Waals surface area contributed by atoms with Crippen LogP contribution in [0.25, 0.3) is 0 Å². The van der Waals surface area contributed by atoms with Crippen LogP contribution < -0.4 is 0 Å². The van der Waals surface area contributed by atoms with E-state index in [2.05, 4.69) is 36.1 Å². The SMILES string of the molecule is C[C@H](c1ccccc1)N1CCOC[C@]2(CC(=O)N(C)C2)C1. The number of rotatable bonds is 2. The van der Waals surface area contributed by atoms with Crippen molar-refractivity contribution in [1.82, 2.24) is 9.80 Å². The standard InChI is InChI=1S/C17H24N2O2/c1-14(15-6-4-3-5-7-15)19-8-9-21-13-17(12-19)10-16(20)18(2)11-17/h3-7,14H,8-13H2,1-2H3/t14-,17+/m1/s1. The summed E-state index contributed by atoms with van der Waals surface area (Å²) in [6.45, 7) is 6.35. The highest BCUT2D eigenvalue weighted by atomic mass is 16.5. The molecule has 4 heteroatoms. The van der Waals surface area contributed by atoms with Gasteiger partial charge in [0.25, 0.3) is 0 Å². The predicted octanol–water partition coefficient (Wildman–Crippen LogP) is 1.93. The van der Waals surface area contributed by atoms with Crippen LogP contribution in [0.1, 0.15) is 24.9 Å². The molecule has 2 fully saturated rings. The summed E-state index contributed by atoms with van der Waals surface area (Å²) in [5, 5.41) is 0. The summed E-state index contributed by atoms with van der Waals surface area (Å²) in [5.41, 5.74) is 1.29. The topological polar surface area (TPSA) is 32.8 Å². The van der Waals surface area contributed by atoms with Gasteiger partial charge in [0.05, 0.1) is 13.2 Å². The zero-order chi connectivity index (χ0) is 14.9. The molecule has 2 heterocycles. The summed E-state index contributed by atoms with van der Waals surface area (Å²) in [4.78, 5) is 16.3. The van der Waals surface area contributed by atoms with Gasteiger partial charge in [-0.3, -0.25) is 9.69 Å². The van der Waals surface area contributed by atoms with Crippen LogP contribution in [-0.4, -0.2) is 55.6 Å². The van der Waals surface area contributed by atoms with Crippen molar-refractivity contribution in [2.24, 2.45) is 5.41 Å². The number of hydrogen-bond donors (Lipinski definition) is 0. The molecule has 2 saturated heterocycles. The van der Waals surface area contributed by atoms with E-state index in [1.807, 2.05) is 18.0 Å². The zero-order valence-electron chi connectivity index (χ0n) is 12.9. The van der Waals surface area contributed by atoms with Crippen LogP contribution >= 0.6 is 0 Å². The minimum absolute atomic E-state index is 0.0363. The first kappa shape index (κ1) is 14.5. The van der Waals surface area contributed by atoms with Gasteiger partial charge in [-0.25, -0.2) is 0 Å². The van der Waals surface area contributed by atoms with Gasteiger partial charge >= 0.3 is 0 Å². The van der Waals surface area contributed by atoms with Gasteiger partial charge in [0.1, 0.15) is 0 Å². The first-order valence-electron chi connectivity index (χ1n) is 7.70. The lowest BCUT2D eigenvalue weighted by atomic mass is 9.86. The van der Waals surface area contributed by atoms with E-state index in [1.54, 1.807) is 0 Å². The van der Waals surface area contributed by atoms with Crippen molar-refractivity contribution in [3.8, 4) is 0 Å². The molecular formula is C17H24N2O2. The Labute approximate surface area is 126 Å². The zero-order valence-corrected chi connectivity index (χ0v) is 12.9. The molecule has 4 nitrogen and oxygen atoms in total. The minimum Gasteiger partial charge on any atom is -0.379 e. The molecule has 21 heavy (non-hydrogen) atoms. The molecule has 1 aromatic carbocycles. The molecule has 0 aliphatic carbocycles. The van der Waals surface area contributed by atoms with Crippen molar-refractivity contribution >= 4 is 5.91 Å². The summed E-state index contributed by atoms with van der Waals surface area (Å²) in [6, 6.07) is 10.9. The molecule has 114 valence electrons. The number of amides is 1. The van der Waals surface area contributed by atoms with Crippen LogP contribution in [0, 0.1) is 5.41 Å². The Morgan fingerprint density at radius 1 is 1.24 bits per heavy atom. The fourth-order valence-corrected chi connectivity index (χ4v) is 3.60. The van der Waals surface area contributed by atoms with Crippen molar-refractivity contribution in [1.29, 1.82) is 0 Å². The van der Waals surface area contributed by atoms with E-state index in [9.17, 15) is 4.79 Å². The van der Waals surface area contributed by atoms with Crippen LogP contribution in [0.2, 0.25) is 0 Å². The van der Waals surface area contributed by atoms with Gasteiger partial charge in [-0.15, -0.1) is 0 Å². The highest BCUT2D eigenvalue weighted by molar-refractivity contribution is 5.79. The van der Waals surface area contributed by atoms with E-state index in [4.69, 9.17) is 4.74 Å². The Kier molecular flexibility index (Phi) is 4.00. The highest BCUT2D eigenvalue weighted by Gasteiger charge is 2.44. The highest BCUT2D eigenvalue weighted by Crippen LogP contribution is 2.36. The molecule has 3 rings (SSSR count). The largest absolute Gasteiger partial charge is 0.379 e. The minimum atomic E-state index is -0.0363. The maximum Gasteiger partial charge on any atom is 0.223 e. The summed E-state index contributed by atoms with van der Waals surface area (Å²) >= 11 is 0. The molecule has 0 saturated carbocycles. The molecule has 1 spiro atoms. The Morgan fingerprint density at radius 3 is 2.67 bits per heavy atom. The fraction of sp³-hybridized carbons (Fsp3) is 0.588. The van der Waals surface area contributed by atoms with Crippen molar-refractivity contribution < 1.29 is 9.53 Å². The lowest BCUT2D eigenvalue weighted by Crippen LogP contribution is -2.41. The number of nitrogens with zero attached hydrogens (tertiary/aromatic N) is 2. The number of hydrogen-bond acceptors (Lipinski definition) is 3. The smallest absolute Gasteiger partial charge is 0.223 e. The van der Waals surface area contributed by atoms with E-state index in [-0.39, 0.29) is 11.3 Å². The molecule has 2 aliphatic heterocycles. The van der Waals surface area contributed by atoms with Gasteiger partial charge in [0.15, 0.2) is 0 Å².